The fourth-order valence-electron chi connectivity index (χ4n) is 9.68. The zero-order chi connectivity index (χ0) is 70.6. The summed E-state index contributed by atoms with van der Waals surface area (Å²) in [5, 5.41) is 53.0. The van der Waals surface area contributed by atoms with Crippen LogP contribution < -0.4 is 80.6 Å². The Morgan fingerprint density at radius 3 is 1.82 bits per heavy atom. The van der Waals surface area contributed by atoms with Crippen molar-refractivity contribution >= 4 is 132 Å². The zero-order valence-electron chi connectivity index (χ0n) is 53.2. The summed E-state index contributed by atoms with van der Waals surface area (Å²) in [6.07, 6.45) is 1.78. The number of aromatic amines is 1. The highest BCUT2D eigenvalue weighted by Gasteiger charge is 2.38. The number of aliphatic carboxylic acids is 1. The molecule has 0 unspecified atom stereocenters. The van der Waals surface area contributed by atoms with Gasteiger partial charge in [0.15, 0.2) is 0 Å². The van der Waals surface area contributed by atoms with Crippen LogP contribution in [0.25, 0.3) is 0 Å². The van der Waals surface area contributed by atoms with Gasteiger partial charge in [-0.15, -0.1) is 0 Å². The number of amides is 14. The number of nitrogens with one attached hydrogen (secondary N) is 14. The molecule has 34 nitrogen and oxygen atoms in total. The summed E-state index contributed by atoms with van der Waals surface area (Å²) < 4.78 is 0. The lowest BCUT2D eigenvalue weighted by molar-refractivity contribution is -0.138. The molecule has 0 saturated carbocycles. The molecular weight excluding hydrogens is 1340 g/mol. The predicted molar refractivity (Wildman–Crippen MR) is 354 cm³/mol. The molecule has 2 bridgehead atoms. The number of imidazole rings is 1. The SMILES string of the molecule is CC(C)C[C@@H]1NC(=O)[C@H](CCCCN)NC(=O)[C@H](Cc2ccc(O)cc2)NC(=O)CNC(=O)[C@@H]2CSSC[C@H](NC1=O)C(=O)N[C@@H](Cc1cnc[nH]1)C(=O)N[C@@H](CCC(=O)O)C(=O)N[C@H](C(N)=O)CSSC[C@H](NC(=O)[C@@H](NC(=O)CNC(=O)[C@@H]1CCC(=O)N1)C(C)C)C(=O)N2. The third-order valence-corrected chi connectivity index (χ3v) is 19.8. The third-order valence-electron chi connectivity index (χ3n) is 14.9. The summed E-state index contributed by atoms with van der Waals surface area (Å²) in [4.78, 5) is 214. The molecule has 38 heteroatoms. The van der Waals surface area contributed by atoms with E-state index < -0.39 is 181 Å². The van der Waals surface area contributed by atoms with E-state index >= 15 is 0 Å². The van der Waals surface area contributed by atoms with Crippen LogP contribution in [0.4, 0.5) is 0 Å². The Kier molecular flexibility index (Phi) is 32.3. The van der Waals surface area contributed by atoms with E-state index in [-0.39, 0.29) is 91.3 Å². The summed E-state index contributed by atoms with van der Waals surface area (Å²) in [5.74, 6) is -16.6. The standard InChI is InChI=1S/C58H85N17O17S4/c1-28(2)17-36-53(87)73-41-25-96-94-24-40(50(84)63-21-44(78)66-37(18-30-8-10-32(76)11-9-30)54(88)67-33(51(85)69-36)7-5-6-16-59)72-57(91)42(74-58(92)47(29(3)4)75-45(79)22-62-49(83)34-12-14-43(77)65-34)26-95-93-23-39(48(60)82)71-52(86)35(13-15-46(80)81)68-55(89)38(70-56(41)90)19-31-20-61-27-64-31/h8-11,20,27-29,33-42,47,76H,5-7,12-19,21-26,59H2,1-4H3,(H2,60,82)(H,61,64)(H,62,83)(H,63,84)(H,65,77)(H,66,78)(H,67,88)(H,68,89)(H,69,85)(H,70,90)(H,71,86)(H,72,91)(H,73,87)(H,74,92)(H,75,79)(H,80,81)/t33-,34-,35-,36-,37-,38-,39-,40-,41-,42-,47-/m0/s1. The summed E-state index contributed by atoms with van der Waals surface area (Å²) in [6.45, 7) is 5.42. The minimum absolute atomic E-state index is 0.0149. The van der Waals surface area contributed by atoms with Crippen LogP contribution in [0.15, 0.2) is 36.8 Å². The maximum atomic E-state index is 14.9. The van der Waals surface area contributed by atoms with E-state index in [0.717, 1.165) is 43.2 Å². The monoisotopic (exact) mass is 1420 g/mol. The minimum atomic E-state index is -1.69. The summed E-state index contributed by atoms with van der Waals surface area (Å²) in [6, 6.07) is -10.6. The van der Waals surface area contributed by atoms with Gasteiger partial charge in [0.25, 0.3) is 0 Å². The van der Waals surface area contributed by atoms with E-state index in [4.69, 9.17) is 11.5 Å². The van der Waals surface area contributed by atoms with Gasteiger partial charge in [-0.1, -0.05) is 83.0 Å². The van der Waals surface area contributed by atoms with Crippen LogP contribution in [0.2, 0.25) is 0 Å². The highest BCUT2D eigenvalue weighted by Crippen LogP contribution is 2.26. The van der Waals surface area contributed by atoms with Crippen molar-refractivity contribution < 1.29 is 82.1 Å². The van der Waals surface area contributed by atoms with Gasteiger partial charge < -0.3 is 95.8 Å². The average Bonchev–Trinajstić information content (AvgIpc) is 1.66. The Morgan fingerprint density at radius 1 is 0.635 bits per heavy atom. The van der Waals surface area contributed by atoms with Gasteiger partial charge in [-0.25, -0.2) is 4.98 Å². The Morgan fingerprint density at radius 2 is 1.22 bits per heavy atom. The molecule has 1 aromatic heterocycles. The maximum absolute atomic E-state index is 14.9. The first kappa shape index (κ1) is 78.3. The van der Waals surface area contributed by atoms with Gasteiger partial charge in [0, 0.05) is 60.6 Å². The lowest BCUT2D eigenvalue weighted by Gasteiger charge is -2.29. The number of hydrogen-bond acceptors (Lipinski definition) is 22. The van der Waals surface area contributed by atoms with Gasteiger partial charge >= 0.3 is 5.97 Å². The van der Waals surface area contributed by atoms with Crippen molar-refractivity contribution in [2.45, 2.75) is 158 Å². The first-order valence-corrected chi connectivity index (χ1v) is 35.9. The molecule has 528 valence electrons. The molecule has 11 atom stereocenters. The van der Waals surface area contributed by atoms with Crippen molar-refractivity contribution in [1.29, 1.82) is 0 Å². The number of carboxylic acid groups (broad SMARTS) is 1. The summed E-state index contributed by atoms with van der Waals surface area (Å²) >= 11 is 0. The summed E-state index contributed by atoms with van der Waals surface area (Å²) in [7, 11) is 3.49. The minimum Gasteiger partial charge on any atom is -0.508 e. The van der Waals surface area contributed by atoms with E-state index in [9.17, 15) is 82.1 Å². The van der Waals surface area contributed by atoms with Crippen molar-refractivity contribution in [2.75, 3.05) is 42.6 Å². The first-order chi connectivity index (χ1) is 45.6. The molecule has 5 rings (SSSR count). The topological polar surface area (TPSA) is 534 Å². The van der Waals surface area contributed by atoms with Crippen molar-refractivity contribution in [1.82, 2.24) is 79.1 Å². The molecule has 3 aliphatic rings. The molecule has 3 saturated heterocycles. The van der Waals surface area contributed by atoms with Crippen LogP contribution in [0.5, 0.6) is 5.75 Å². The number of fused-ring (bicyclic) bond motifs is 5. The molecule has 4 heterocycles. The van der Waals surface area contributed by atoms with Gasteiger partial charge in [0.2, 0.25) is 82.7 Å². The fourth-order valence-corrected chi connectivity index (χ4v) is 14.3. The second kappa shape index (κ2) is 39.6. The van der Waals surface area contributed by atoms with Crippen molar-refractivity contribution in [3.63, 3.8) is 0 Å². The second-order valence-electron chi connectivity index (χ2n) is 23.5. The average molecular weight is 1420 g/mol. The van der Waals surface area contributed by atoms with Gasteiger partial charge in [-0.2, -0.15) is 0 Å². The molecule has 0 radical (unpaired) electrons. The molecule has 3 fully saturated rings. The molecule has 20 N–H and O–H groups in total. The highest BCUT2D eigenvalue weighted by molar-refractivity contribution is 8.77. The van der Waals surface area contributed by atoms with Crippen molar-refractivity contribution in [3.8, 4) is 5.75 Å². The Hall–Kier alpha value is -8.36. The van der Waals surface area contributed by atoms with Crippen LogP contribution in [0.1, 0.15) is 90.3 Å². The number of nitrogens with zero attached hydrogens (tertiary/aromatic N) is 1. The molecular formula is C58H85N17O17S4. The lowest BCUT2D eigenvalue weighted by atomic mass is 10.0. The van der Waals surface area contributed by atoms with E-state index in [1.54, 1.807) is 27.7 Å². The van der Waals surface area contributed by atoms with E-state index in [1.165, 1.54) is 36.8 Å². The molecule has 14 amide bonds. The fraction of sp³-hybridized carbons (Fsp3) is 0.586. The van der Waals surface area contributed by atoms with E-state index in [1.807, 2.05) is 0 Å². The van der Waals surface area contributed by atoms with E-state index in [0.29, 0.717) is 18.4 Å². The van der Waals surface area contributed by atoms with Crippen molar-refractivity contribution in [3.05, 3.63) is 48.0 Å². The molecule has 96 heavy (non-hydrogen) atoms. The number of H-pyrrole nitrogens is 1. The molecule has 3 aliphatic heterocycles. The number of hydrogen-bond donors (Lipinski definition) is 18. The normalized spacial score (nSPS) is 24.7. The van der Waals surface area contributed by atoms with Gasteiger partial charge in [-0.05, 0) is 74.6 Å². The maximum Gasteiger partial charge on any atom is 0.303 e. The smallest absolute Gasteiger partial charge is 0.303 e. The number of benzene rings is 1. The number of primary amides is 1. The third kappa shape index (κ3) is 26.7. The lowest BCUT2D eigenvalue weighted by Crippen LogP contribution is -2.61. The van der Waals surface area contributed by atoms with Crippen LogP contribution in [0, 0.1) is 11.8 Å². The number of aromatic hydroxyl groups is 1. The Bertz CT molecular complexity index is 3100. The molecule has 0 spiro atoms. The van der Waals surface area contributed by atoms with Gasteiger partial charge in [-0.3, -0.25) is 71.9 Å². The number of phenolic OH excluding ortho intramolecular Hbond substituents is 1. The quantitative estimate of drug-likeness (QED) is 0.0412. The van der Waals surface area contributed by atoms with E-state index in [2.05, 4.69) is 79.1 Å². The predicted octanol–water partition coefficient (Wildman–Crippen LogP) is -4.77. The number of rotatable bonds is 21. The number of aromatic nitrogens is 2. The number of carbonyl (C=O) groups is 15. The summed E-state index contributed by atoms with van der Waals surface area (Å²) in [5.41, 5.74) is 12.3. The van der Waals surface area contributed by atoms with Gasteiger partial charge in [0.1, 0.15) is 72.2 Å². The zero-order valence-corrected chi connectivity index (χ0v) is 56.5. The van der Waals surface area contributed by atoms with Crippen LogP contribution in [-0.2, 0) is 84.8 Å². The largest absolute Gasteiger partial charge is 0.508 e. The highest BCUT2D eigenvalue weighted by atomic mass is 33.1. The van der Waals surface area contributed by atoms with Crippen LogP contribution in [0.3, 0.4) is 0 Å². The second-order valence-corrected chi connectivity index (χ2v) is 28.6. The molecule has 0 aliphatic carbocycles. The first-order valence-electron chi connectivity index (χ1n) is 30.9. The molecule has 2 aromatic rings. The van der Waals surface area contributed by atoms with Crippen molar-refractivity contribution in [2.24, 2.45) is 23.3 Å². The number of unbranched alkanes of at least 4 members (excludes halogenated alkanes) is 1. The number of nitrogens with two attached hydrogens (primary N) is 2. The number of carboxylic acids is 1. The Labute approximate surface area is 568 Å². The number of carbonyl (C=O) groups excluding carboxylic acids is 14. The van der Waals surface area contributed by atoms with Crippen LogP contribution >= 0.6 is 43.2 Å². The molecule has 1 aromatic carbocycles. The Balaban J connectivity index is 1.61. The van der Waals surface area contributed by atoms with Crippen LogP contribution in [-0.4, -0.2) is 218 Å². The number of phenols is 1. The van der Waals surface area contributed by atoms with Gasteiger partial charge in [0.05, 0.1) is 19.4 Å².